The number of aromatic nitrogens is 3. The van der Waals surface area contributed by atoms with E-state index in [2.05, 4.69) is 36.3 Å². The third-order valence-corrected chi connectivity index (χ3v) is 7.47. The highest BCUT2D eigenvalue weighted by molar-refractivity contribution is 7.99. The van der Waals surface area contributed by atoms with Crippen molar-refractivity contribution in [2.75, 3.05) is 11.1 Å². The second-order valence-corrected chi connectivity index (χ2v) is 9.39. The molecular formula is C21H24N4O2S. The number of Topliss-reactive ketones (excluding diaryl/α,β-unsaturated/α-hetero) is 1. The Morgan fingerprint density at radius 2 is 1.89 bits per heavy atom. The third kappa shape index (κ3) is 2.92. The van der Waals surface area contributed by atoms with Crippen LogP contribution < -0.4 is 5.32 Å². The third-order valence-electron chi connectivity index (χ3n) is 6.63. The fraction of sp³-hybridized carbons (Fsp3) is 0.476. The van der Waals surface area contributed by atoms with E-state index in [1.54, 1.807) is 24.3 Å². The Kier molecular flexibility index (Phi) is 4.53. The molecule has 6 nitrogen and oxygen atoms in total. The van der Waals surface area contributed by atoms with Crippen molar-refractivity contribution in [1.29, 1.82) is 0 Å². The lowest BCUT2D eigenvalue weighted by Gasteiger charge is -2.33. The zero-order valence-electron chi connectivity index (χ0n) is 16.6. The molecule has 0 aliphatic heterocycles. The van der Waals surface area contributed by atoms with E-state index in [4.69, 9.17) is 4.98 Å². The molecule has 146 valence electrons. The number of rotatable bonds is 5. The number of ketones is 1. The number of carbonyl (C=O) groups is 2. The first-order chi connectivity index (χ1) is 13.2. The van der Waals surface area contributed by atoms with Gasteiger partial charge in [0.2, 0.25) is 11.1 Å². The Morgan fingerprint density at radius 1 is 1.18 bits per heavy atom. The summed E-state index contributed by atoms with van der Waals surface area (Å²) in [7, 11) is 0. The molecule has 0 radical (unpaired) electrons. The van der Waals surface area contributed by atoms with Gasteiger partial charge >= 0.3 is 0 Å². The highest BCUT2D eigenvalue weighted by Crippen LogP contribution is 2.66. The molecule has 1 saturated carbocycles. The van der Waals surface area contributed by atoms with Crippen LogP contribution in [0.5, 0.6) is 0 Å². The summed E-state index contributed by atoms with van der Waals surface area (Å²) in [5, 5.41) is 12.0. The number of hydrogen-bond acceptors (Lipinski definition) is 6. The predicted molar refractivity (Wildman–Crippen MR) is 109 cm³/mol. The average molecular weight is 397 g/mol. The first-order valence-electron chi connectivity index (χ1n) is 9.51. The Labute approximate surface area is 168 Å². The van der Waals surface area contributed by atoms with E-state index in [1.807, 2.05) is 0 Å². The van der Waals surface area contributed by atoms with Gasteiger partial charge in [0.15, 0.2) is 5.78 Å². The summed E-state index contributed by atoms with van der Waals surface area (Å²) in [6.07, 6.45) is 2.27. The SMILES string of the molecule is CC(=O)Nc1ccc(C(=O)CSc2nnc3c(n2)[C@@]2(C)CC[C@@H]3C2(C)C)cc1. The molecule has 2 bridgehead atoms. The predicted octanol–water partition coefficient (Wildman–Crippen LogP) is 3.98. The largest absolute Gasteiger partial charge is 0.326 e. The lowest BCUT2D eigenvalue weighted by molar-refractivity contribution is -0.114. The standard InChI is InChI=1S/C21H24N4O2S/c1-12(26)22-14-7-5-13(6-8-14)16(27)11-28-19-23-18-17(24-25-19)15-9-10-21(18,4)20(15,2)3/h5-8,15H,9-11H2,1-4H3,(H,22,26)/t15-,21+/m0/s1. The second kappa shape index (κ2) is 6.65. The first kappa shape index (κ1) is 19.1. The number of anilines is 1. The zero-order chi connectivity index (χ0) is 20.1. The summed E-state index contributed by atoms with van der Waals surface area (Å²) >= 11 is 1.33. The second-order valence-electron chi connectivity index (χ2n) is 8.44. The lowest BCUT2D eigenvalue weighted by Crippen LogP contribution is -2.32. The fourth-order valence-electron chi connectivity index (χ4n) is 4.58. The highest BCUT2D eigenvalue weighted by Gasteiger charge is 2.61. The normalized spacial score (nSPS) is 24.1. The van der Waals surface area contributed by atoms with Crippen molar-refractivity contribution in [2.45, 2.75) is 57.0 Å². The van der Waals surface area contributed by atoms with Crippen LogP contribution >= 0.6 is 11.8 Å². The Morgan fingerprint density at radius 3 is 2.57 bits per heavy atom. The number of amides is 1. The topological polar surface area (TPSA) is 84.8 Å². The van der Waals surface area contributed by atoms with Crippen molar-refractivity contribution in [3.05, 3.63) is 41.2 Å². The zero-order valence-corrected chi connectivity index (χ0v) is 17.4. The van der Waals surface area contributed by atoms with Gasteiger partial charge in [0, 0.05) is 29.5 Å². The van der Waals surface area contributed by atoms with Crippen LogP contribution in [0.2, 0.25) is 0 Å². The lowest BCUT2D eigenvalue weighted by atomic mass is 9.70. The fourth-order valence-corrected chi connectivity index (χ4v) is 5.26. The quantitative estimate of drug-likeness (QED) is 0.608. The first-order valence-corrected chi connectivity index (χ1v) is 10.5. The summed E-state index contributed by atoms with van der Waals surface area (Å²) < 4.78 is 0. The number of thioether (sulfide) groups is 1. The minimum Gasteiger partial charge on any atom is -0.326 e. The Hall–Kier alpha value is -2.28. The molecule has 1 aromatic carbocycles. The number of nitrogens with one attached hydrogen (secondary N) is 1. The van der Waals surface area contributed by atoms with Gasteiger partial charge < -0.3 is 5.32 Å². The molecule has 1 aromatic heterocycles. The van der Waals surface area contributed by atoms with Gasteiger partial charge in [-0.25, -0.2) is 4.98 Å². The van der Waals surface area contributed by atoms with Gasteiger partial charge in [-0.2, -0.15) is 5.10 Å². The van der Waals surface area contributed by atoms with Gasteiger partial charge in [0.25, 0.3) is 0 Å². The molecule has 0 spiro atoms. The molecule has 1 amide bonds. The van der Waals surface area contributed by atoms with E-state index in [-0.39, 0.29) is 28.3 Å². The van der Waals surface area contributed by atoms with Crippen molar-refractivity contribution in [2.24, 2.45) is 5.41 Å². The van der Waals surface area contributed by atoms with Gasteiger partial charge in [-0.1, -0.05) is 32.5 Å². The van der Waals surface area contributed by atoms with Crippen LogP contribution in [-0.2, 0) is 10.2 Å². The summed E-state index contributed by atoms with van der Waals surface area (Å²) in [6, 6.07) is 6.90. The molecule has 0 saturated heterocycles. The highest BCUT2D eigenvalue weighted by atomic mass is 32.2. The minimum absolute atomic E-state index is 0.00321. The van der Waals surface area contributed by atoms with Crippen molar-refractivity contribution in [3.63, 3.8) is 0 Å². The van der Waals surface area contributed by atoms with Crippen molar-refractivity contribution in [3.8, 4) is 0 Å². The maximum atomic E-state index is 12.5. The van der Waals surface area contributed by atoms with Crippen LogP contribution in [0.4, 0.5) is 5.69 Å². The Balaban J connectivity index is 1.45. The number of fused-ring (bicyclic) bond motifs is 5. The molecule has 1 fully saturated rings. The van der Waals surface area contributed by atoms with E-state index in [0.29, 0.717) is 22.3 Å². The van der Waals surface area contributed by atoms with E-state index >= 15 is 0 Å². The smallest absolute Gasteiger partial charge is 0.221 e. The van der Waals surface area contributed by atoms with E-state index in [1.165, 1.54) is 18.7 Å². The van der Waals surface area contributed by atoms with Gasteiger partial charge in [-0.15, -0.1) is 5.10 Å². The summed E-state index contributed by atoms with van der Waals surface area (Å²) in [5.74, 6) is 0.539. The molecule has 1 N–H and O–H groups in total. The molecule has 2 aliphatic carbocycles. The molecule has 2 aromatic rings. The number of hydrogen-bond donors (Lipinski definition) is 1. The van der Waals surface area contributed by atoms with Gasteiger partial charge in [-0.3, -0.25) is 9.59 Å². The van der Waals surface area contributed by atoms with E-state index < -0.39 is 0 Å². The maximum Gasteiger partial charge on any atom is 0.221 e. The monoisotopic (exact) mass is 396 g/mol. The molecule has 1 heterocycles. The molecule has 28 heavy (non-hydrogen) atoms. The minimum atomic E-state index is -0.138. The molecular weight excluding hydrogens is 372 g/mol. The number of carbonyl (C=O) groups excluding carboxylic acids is 2. The van der Waals surface area contributed by atoms with Crippen molar-refractivity contribution < 1.29 is 9.59 Å². The van der Waals surface area contributed by atoms with E-state index in [0.717, 1.165) is 24.2 Å². The molecule has 0 unspecified atom stereocenters. The van der Waals surface area contributed by atoms with Gasteiger partial charge in [0.05, 0.1) is 17.1 Å². The van der Waals surface area contributed by atoms with Crippen LogP contribution in [0.1, 0.15) is 68.2 Å². The number of nitrogens with zero attached hydrogens (tertiary/aromatic N) is 3. The van der Waals surface area contributed by atoms with Crippen molar-refractivity contribution >= 4 is 29.1 Å². The summed E-state index contributed by atoms with van der Waals surface area (Å²) in [5.41, 5.74) is 3.56. The Bertz CT molecular complexity index is 957. The molecule has 2 aliphatic rings. The molecule has 2 atom stereocenters. The number of benzene rings is 1. The molecule has 7 heteroatoms. The van der Waals surface area contributed by atoms with E-state index in [9.17, 15) is 9.59 Å². The summed E-state index contributed by atoms with van der Waals surface area (Å²) in [6.45, 7) is 8.33. The average Bonchev–Trinajstić information content (AvgIpc) is 2.98. The van der Waals surface area contributed by atoms with Crippen LogP contribution in [0.3, 0.4) is 0 Å². The van der Waals surface area contributed by atoms with Crippen LogP contribution in [0.15, 0.2) is 29.4 Å². The van der Waals surface area contributed by atoms with Crippen LogP contribution in [0, 0.1) is 5.41 Å². The molecule has 4 rings (SSSR count). The van der Waals surface area contributed by atoms with Crippen LogP contribution in [0.25, 0.3) is 0 Å². The van der Waals surface area contributed by atoms with Gasteiger partial charge in [0.1, 0.15) is 0 Å². The van der Waals surface area contributed by atoms with Gasteiger partial charge in [-0.05, 0) is 42.5 Å². The van der Waals surface area contributed by atoms with Crippen molar-refractivity contribution in [1.82, 2.24) is 15.2 Å². The van der Waals surface area contributed by atoms with Crippen LogP contribution in [-0.4, -0.2) is 32.6 Å². The summed E-state index contributed by atoms with van der Waals surface area (Å²) in [4.78, 5) is 28.4. The maximum absolute atomic E-state index is 12.5.